The summed E-state index contributed by atoms with van der Waals surface area (Å²) >= 11 is 6.03. The Kier molecular flexibility index (Phi) is 4.99. The topological polar surface area (TPSA) is 42.2 Å². The Hall–Kier alpha value is -1.91. The number of allylic oxidation sites excluding steroid dienone is 4. The molecule has 1 aromatic heterocycles. The molecule has 0 unspecified atom stereocenters. The summed E-state index contributed by atoms with van der Waals surface area (Å²) in [6.45, 7) is 2.92. The second-order valence-corrected chi connectivity index (χ2v) is 7.25. The summed E-state index contributed by atoms with van der Waals surface area (Å²) in [5, 5.41) is 4.80. The minimum Gasteiger partial charge on any atom is -0.334 e. The molecule has 2 heterocycles. The molecular weight excluding hydrogens is 334 g/mol. The van der Waals surface area contributed by atoms with Gasteiger partial charge in [0.25, 0.3) is 5.89 Å². The molecule has 5 heteroatoms. The van der Waals surface area contributed by atoms with E-state index in [9.17, 15) is 0 Å². The third kappa shape index (κ3) is 4.02. The molecule has 0 saturated carbocycles. The van der Waals surface area contributed by atoms with E-state index in [-0.39, 0.29) is 0 Å². The molecule has 1 saturated heterocycles. The highest BCUT2D eigenvalue weighted by molar-refractivity contribution is 6.30. The predicted molar refractivity (Wildman–Crippen MR) is 99.1 cm³/mol. The zero-order valence-electron chi connectivity index (χ0n) is 14.1. The molecule has 0 atom stereocenters. The van der Waals surface area contributed by atoms with Gasteiger partial charge in [-0.1, -0.05) is 47.1 Å². The van der Waals surface area contributed by atoms with Gasteiger partial charge >= 0.3 is 0 Å². The molecule has 4 rings (SSSR count). The van der Waals surface area contributed by atoms with Crippen molar-refractivity contribution < 1.29 is 4.52 Å². The van der Waals surface area contributed by atoms with Crippen molar-refractivity contribution in [2.24, 2.45) is 11.8 Å². The van der Waals surface area contributed by atoms with E-state index in [0.717, 1.165) is 43.4 Å². The Bertz CT molecular complexity index is 763. The van der Waals surface area contributed by atoms with E-state index >= 15 is 0 Å². The standard InChI is InChI=1S/C20H22ClN3O/c21-18-8-4-7-17(13-18)20-22-19(23-25-20)14-24-11-9-16(10-12-24)15-5-2-1-3-6-15/h2-8,13,15-16H,1,9-12,14H2. The van der Waals surface area contributed by atoms with Crippen LogP contribution in [0.25, 0.3) is 11.5 Å². The van der Waals surface area contributed by atoms with E-state index in [2.05, 4.69) is 39.3 Å². The van der Waals surface area contributed by atoms with Crippen molar-refractivity contribution in [1.82, 2.24) is 15.0 Å². The highest BCUT2D eigenvalue weighted by atomic mass is 35.5. The average molecular weight is 356 g/mol. The van der Waals surface area contributed by atoms with E-state index in [1.165, 1.54) is 12.8 Å². The normalized spacial score (nSPS) is 19.6. The number of aromatic nitrogens is 2. The fraction of sp³-hybridized carbons (Fsp3) is 0.400. The van der Waals surface area contributed by atoms with Gasteiger partial charge in [-0.2, -0.15) is 4.98 Å². The third-order valence-corrected chi connectivity index (χ3v) is 5.31. The molecule has 0 spiro atoms. The maximum absolute atomic E-state index is 6.03. The van der Waals surface area contributed by atoms with Crippen molar-refractivity contribution in [2.75, 3.05) is 13.1 Å². The summed E-state index contributed by atoms with van der Waals surface area (Å²) < 4.78 is 5.40. The Morgan fingerprint density at radius 2 is 1.96 bits per heavy atom. The minimum atomic E-state index is 0.532. The predicted octanol–water partition coefficient (Wildman–Crippen LogP) is 4.73. The first-order chi connectivity index (χ1) is 12.3. The van der Waals surface area contributed by atoms with Crippen LogP contribution in [0.3, 0.4) is 0 Å². The van der Waals surface area contributed by atoms with Crippen LogP contribution in [0.1, 0.15) is 25.1 Å². The van der Waals surface area contributed by atoms with Crippen molar-refractivity contribution in [3.63, 3.8) is 0 Å². The first-order valence-electron chi connectivity index (χ1n) is 8.92. The number of benzene rings is 1. The highest BCUT2D eigenvalue weighted by Crippen LogP contribution is 2.29. The molecule has 1 aromatic carbocycles. The molecule has 0 bridgehead atoms. The fourth-order valence-corrected chi connectivity index (χ4v) is 3.87. The first kappa shape index (κ1) is 16.6. The molecule has 0 radical (unpaired) electrons. The van der Waals surface area contributed by atoms with Crippen LogP contribution in [-0.2, 0) is 6.54 Å². The van der Waals surface area contributed by atoms with Crippen LogP contribution in [-0.4, -0.2) is 28.1 Å². The number of halogens is 1. The summed E-state index contributed by atoms with van der Waals surface area (Å²) in [4.78, 5) is 6.94. The van der Waals surface area contributed by atoms with Gasteiger partial charge in [-0.3, -0.25) is 4.90 Å². The first-order valence-corrected chi connectivity index (χ1v) is 9.30. The molecule has 0 amide bonds. The van der Waals surface area contributed by atoms with E-state index < -0.39 is 0 Å². The van der Waals surface area contributed by atoms with Crippen molar-refractivity contribution in [3.8, 4) is 11.5 Å². The SMILES string of the molecule is Clc1cccc(-c2nc(CN3CCC(C4C=CCC=C4)CC3)no2)c1. The molecule has 2 aliphatic rings. The van der Waals surface area contributed by atoms with Crippen LogP contribution >= 0.6 is 11.6 Å². The van der Waals surface area contributed by atoms with Crippen molar-refractivity contribution in [1.29, 1.82) is 0 Å². The molecule has 130 valence electrons. The molecule has 1 aliphatic heterocycles. The Morgan fingerprint density at radius 1 is 1.16 bits per heavy atom. The second kappa shape index (κ2) is 7.54. The van der Waals surface area contributed by atoms with E-state index in [1.54, 1.807) is 0 Å². The van der Waals surface area contributed by atoms with Gasteiger partial charge < -0.3 is 4.52 Å². The van der Waals surface area contributed by atoms with Crippen LogP contribution < -0.4 is 0 Å². The summed E-state index contributed by atoms with van der Waals surface area (Å²) in [6.07, 6.45) is 12.8. The van der Waals surface area contributed by atoms with Gasteiger partial charge in [0, 0.05) is 10.6 Å². The zero-order valence-corrected chi connectivity index (χ0v) is 14.9. The number of hydrogen-bond acceptors (Lipinski definition) is 4. The molecule has 2 aromatic rings. The zero-order chi connectivity index (χ0) is 17.1. The third-order valence-electron chi connectivity index (χ3n) is 5.07. The Morgan fingerprint density at radius 3 is 2.72 bits per heavy atom. The Labute approximate surface area is 153 Å². The van der Waals surface area contributed by atoms with Gasteiger partial charge in [0.05, 0.1) is 6.54 Å². The van der Waals surface area contributed by atoms with Crippen molar-refractivity contribution in [2.45, 2.75) is 25.8 Å². The van der Waals surface area contributed by atoms with Gasteiger partial charge in [0.2, 0.25) is 0 Å². The van der Waals surface area contributed by atoms with E-state index in [1.807, 2.05) is 24.3 Å². The van der Waals surface area contributed by atoms with Gasteiger partial charge in [0.1, 0.15) is 0 Å². The molecule has 1 fully saturated rings. The summed E-state index contributed by atoms with van der Waals surface area (Å²) in [7, 11) is 0. The van der Waals surface area contributed by atoms with Crippen molar-refractivity contribution in [3.05, 3.63) is 59.4 Å². The fourth-order valence-electron chi connectivity index (χ4n) is 3.68. The highest BCUT2D eigenvalue weighted by Gasteiger charge is 2.25. The lowest BCUT2D eigenvalue weighted by Gasteiger charge is -2.34. The average Bonchev–Trinajstić information content (AvgIpc) is 3.12. The summed E-state index contributed by atoms with van der Waals surface area (Å²) in [5.41, 5.74) is 0.862. The van der Waals surface area contributed by atoms with Crippen LogP contribution in [0.2, 0.25) is 5.02 Å². The lowest BCUT2D eigenvalue weighted by atomic mass is 9.82. The molecule has 1 aliphatic carbocycles. The van der Waals surface area contributed by atoms with Crippen LogP contribution in [0.4, 0.5) is 0 Å². The molecule has 0 N–H and O–H groups in total. The number of likely N-dealkylation sites (tertiary alicyclic amines) is 1. The quantitative estimate of drug-likeness (QED) is 0.743. The van der Waals surface area contributed by atoms with E-state index in [4.69, 9.17) is 16.1 Å². The number of piperidine rings is 1. The summed E-state index contributed by atoms with van der Waals surface area (Å²) in [6, 6.07) is 7.50. The lowest BCUT2D eigenvalue weighted by molar-refractivity contribution is 0.160. The number of nitrogens with zero attached hydrogens (tertiary/aromatic N) is 3. The number of rotatable bonds is 4. The van der Waals surface area contributed by atoms with Crippen LogP contribution in [0.5, 0.6) is 0 Å². The monoisotopic (exact) mass is 355 g/mol. The van der Waals surface area contributed by atoms with Gasteiger partial charge in [-0.05, 0) is 62.4 Å². The van der Waals surface area contributed by atoms with Gasteiger partial charge in [-0.25, -0.2) is 0 Å². The van der Waals surface area contributed by atoms with Crippen LogP contribution in [0.15, 0.2) is 53.1 Å². The molecule has 25 heavy (non-hydrogen) atoms. The summed E-state index contributed by atoms with van der Waals surface area (Å²) in [5.74, 6) is 2.66. The largest absolute Gasteiger partial charge is 0.334 e. The van der Waals surface area contributed by atoms with Gasteiger partial charge in [0.15, 0.2) is 5.82 Å². The van der Waals surface area contributed by atoms with Gasteiger partial charge in [-0.15, -0.1) is 0 Å². The maximum atomic E-state index is 6.03. The molecular formula is C20H22ClN3O. The smallest absolute Gasteiger partial charge is 0.258 e. The minimum absolute atomic E-state index is 0.532. The molecule has 4 nitrogen and oxygen atoms in total. The second-order valence-electron chi connectivity index (χ2n) is 6.81. The van der Waals surface area contributed by atoms with Crippen LogP contribution in [0, 0.1) is 11.8 Å². The lowest BCUT2D eigenvalue weighted by Crippen LogP contribution is -2.35. The maximum Gasteiger partial charge on any atom is 0.258 e. The van der Waals surface area contributed by atoms with Crippen molar-refractivity contribution >= 4 is 11.6 Å². The van der Waals surface area contributed by atoms with E-state index in [0.29, 0.717) is 16.8 Å². The Balaban J connectivity index is 1.34. The number of hydrogen-bond donors (Lipinski definition) is 0.